The highest BCUT2D eigenvalue weighted by molar-refractivity contribution is 7.98. The van der Waals surface area contributed by atoms with Crippen LogP contribution in [0.5, 0.6) is 0 Å². The number of nitrogens with one attached hydrogen (secondary N) is 3. The van der Waals surface area contributed by atoms with Crippen LogP contribution in [0.2, 0.25) is 0 Å². The molecule has 1 aromatic rings. The molecule has 0 amide bonds. The fourth-order valence-corrected chi connectivity index (χ4v) is 2.31. The number of rotatable bonds is 8. The number of hydrogen-bond donors (Lipinski definition) is 4. The number of H-pyrrole nitrogens is 1. The number of aliphatic carboxylic acids is 2. The predicted molar refractivity (Wildman–Crippen MR) is 92.2 cm³/mol. The van der Waals surface area contributed by atoms with E-state index in [0.717, 1.165) is 29.4 Å². The number of nitrogens with zero attached hydrogens (tertiary/aromatic N) is 3. The molecule has 0 radical (unpaired) electrons. The summed E-state index contributed by atoms with van der Waals surface area (Å²) in [7, 11) is 1.63. The number of carbonyl (C=O) groups excluding carboxylic acids is 2. The summed E-state index contributed by atoms with van der Waals surface area (Å²) in [4.78, 5) is 30.5. The van der Waals surface area contributed by atoms with Crippen LogP contribution in [0, 0.1) is 18.4 Å². The Hall–Kier alpha value is -2.78. The molecule has 0 bridgehead atoms. The largest absolute Gasteiger partial charge is 0.550 e. The van der Waals surface area contributed by atoms with Gasteiger partial charge in [0, 0.05) is 49.2 Å². The fraction of sp³-hybridized carbons (Fsp3) is 0.500. The molecule has 0 aliphatic heterocycles. The zero-order chi connectivity index (χ0) is 19.9. The maximum absolute atomic E-state index is 9.71. The molecular weight excluding hydrogens is 362 g/mol. The van der Waals surface area contributed by atoms with Gasteiger partial charge in [0.05, 0.1) is 18.0 Å². The Morgan fingerprint density at radius 1 is 1.54 bits per heavy atom. The van der Waals surface area contributed by atoms with Crippen molar-refractivity contribution in [2.24, 2.45) is 10.7 Å². The van der Waals surface area contributed by atoms with E-state index in [9.17, 15) is 19.8 Å². The zero-order valence-electron chi connectivity index (χ0n) is 14.4. The SMILES string of the molecule is CN=C(NC#N)NCCSCc1nc[nH]c1C.N[C@@H](CC(=O)[O-])C(=O)[O-]. The number of carboxylic acids is 2. The molecule has 11 nitrogen and oxygen atoms in total. The molecule has 0 aliphatic rings. The predicted octanol–water partition coefficient (Wildman–Crippen LogP) is -3.20. The molecule has 1 heterocycles. The van der Waals surface area contributed by atoms with Crippen molar-refractivity contribution < 1.29 is 19.8 Å². The molecule has 144 valence electrons. The van der Waals surface area contributed by atoms with E-state index in [1.54, 1.807) is 25.1 Å². The molecule has 0 saturated carbocycles. The lowest BCUT2D eigenvalue weighted by Crippen LogP contribution is -2.45. The molecule has 5 N–H and O–H groups in total. The number of nitrogens with two attached hydrogens (primary N) is 1. The number of aromatic amines is 1. The Labute approximate surface area is 155 Å². The lowest BCUT2D eigenvalue weighted by Gasteiger charge is -2.11. The second kappa shape index (κ2) is 13.5. The van der Waals surface area contributed by atoms with Crippen molar-refractivity contribution in [1.82, 2.24) is 20.6 Å². The minimum absolute atomic E-state index is 0.504. The maximum atomic E-state index is 9.71. The van der Waals surface area contributed by atoms with Crippen LogP contribution in [0.1, 0.15) is 17.8 Å². The summed E-state index contributed by atoms with van der Waals surface area (Å²) in [5, 5.41) is 33.3. The third-order valence-corrected chi connectivity index (χ3v) is 3.77. The van der Waals surface area contributed by atoms with Gasteiger partial charge in [0.25, 0.3) is 0 Å². The smallest absolute Gasteiger partial charge is 0.204 e. The quantitative estimate of drug-likeness (QED) is 0.117. The van der Waals surface area contributed by atoms with Gasteiger partial charge in [-0.05, 0) is 6.92 Å². The van der Waals surface area contributed by atoms with Crippen LogP contribution in [0.15, 0.2) is 11.3 Å². The van der Waals surface area contributed by atoms with Crippen molar-refractivity contribution in [3.63, 3.8) is 0 Å². The number of nitriles is 1. The number of hydrogen-bond acceptors (Lipinski definition) is 9. The summed E-state index contributed by atoms with van der Waals surface area (Å²) in [5.74, 6) is -0.755. The number of carbonyl (C=O) groups is 2. The average Bonchev–Trinajstić information content (AvgIpc) is 2.98. The van der Waals surface area contributed by atoms with Crippen molar-refractivity contribution in [3.8, 4) is 6.19 Å². The second-order valence-electron chi connectivity index (χ2n) is 4.76. The van der Waals surface area contributed by atoms with Gasteiger partial charge < -0.3 is 35.8 Å². The summed E-state index contributed by atoms with van der Waals surface area (Å²) >= 11 is 1.79. The fourth-order valence-electron chi connectivity index (χ4n) is 1.44. The number of imidazole rings is 1. The lowest BCUT2D eigenvalue weighted by molar-refractivity contribution is -0.316. The standard InChI is InChI=1S/C10H16N6S.C4H7NO4/c1-8-9(16-7-15-8)5-17-4-3-13-10(12-2)14-6-11;5-2(4(8)9)1-3(6)7/h7H,3-5H2,1-2H3,(H,15,16)(H2,12,13,14);2H,1,5H2,(H,6,7)(H,8,9)/p-2/t;2-/m.0/s1. The normalized spacial score (nSPS) is 11.5. The van der Waals surface area contributed by atoms with E-state index in [4.69, 9.17) is 11.0 Å². The van der Waals surface area contributed by atoms with Gasteiger partial charge in [-0.3, -0.25) is 10.3 Å². The monoisotopic (exact) mass is 383 g/mol. The van der Waals surface area contributed by atoms with Crippen molar-refractivity contribution in [3.05, 3.63) is 17.7 Å². The highest BCUT2D eigenvalue weighted by Crippen LogP contribution is 2.11. The van der Waals surface area contributed by atoms with Gasteiger partial charge in [0.1, 0.15) is 0 Å². The molecule has 0 fully saturated rings. The van der Waals surface area contributed by atoms with E-state index in [-0.39, 0.29) is 0 Å². The van der Waals surface area contributed by atoms with Gasteiger partial charge in [-0.25, -0.2) is 4.98 Å². The Balaban J connectivity index is 0.000000590. The lowest BCUT2D eigenvalue weighted by atomic mass is 10.2. The van der Waals surface area contributed by atoms with Crippen molar-refractivity contribution >= 4 is 29.7 Å². The first-order valence-electron chi connectivity index (χ1n) is 7.40. The summed E-state index contributed by atoms with van der Waals surface area (Å²) < 4.78 is 0. The number of carboxylic acid groups (broad SMARTS) is 2. The van der Waals surface area contributed by atoms with Crippen molar-refractivity contribution in [1.29, 1.82) is 5.26 Å². The molecule has 0 aromatic carbocycles. The maximum Gasteiger partial charge on any atom is 0.204 e. The van der Waals surface area contributed by atoms with E-state index in [2.05, 4.69) is 25.6 Å². The number of aliphatic imine (C=N–C) groups is 1. The van der Waals surface area contributed by atoms with Gasteiger partial charge in [-0.2, -0.15) is 17.0 Å². The molecular formula is C14H21N7O4S-2. The Kier molecular flexibility index (Phi) is 12.1. The molecule has 1 aromatic heterocycles. The van der Waals surface area contributed by atoms with E-state index in [0.29, 0.717) is 5.96 Å². The number of thioether (sulfide) groups is 1. The van der Waals surface area contributed by atoms with Crippen LogP contribution < -0.4 is 26.6 Å². The Morgan fingerprint density at radius 3 is 2.65 bits per heavy atom. The number of aromatic nitrogens is 2. The minimum atomic E-state index is -1.58. The van der Waals surface area contributed by atoms with Gasteiger partial charge in [0.15, 0.2) is 6.19 Å². The number of aryl methyl sites for hydroxylation is 1. The molecule has 0 saturated heterocycles. The molecule has 0 unspecified atom stereocenters. The highest BCUT2D eigenvalue weighted by Gasteiger charge is 2.02. The average molecular weight is 383 g/mol. The Morgan fingerprint density at radius 2 is 2.23 bits per heavy atom. The summed E-state index contributed by atoms with van der Waals surface area (Å²) in [6, 6.07) is -1.46. The molecule has 0 aliphatic carbocycles. The minimum Gasteiger partial charge on any atom is -0.550 e. The summed E-state index contributed by atoms with van der Waals surface area (Å²) in [6.07, 6.45) is 2.83. The summed E-state index contributed by atoms with van der Waals surface area (Å²) in [6.45, 7) is 2.77. The highest BCUT2D eigenvalue weighted by atomic mass is 32.2. The van der Waals surface area contributed by atoms with Crippen LogP contribution in [-0.2, 0) is 15.3 Å². The van der Waals surface area contributed by atoms with Crippen molar-refractivity contribution in [2.75, 3.05) is 19.3 Å². The molecule has 12 heteroatoms. The van der Waals surface area contributed by atoms with Gasteiger partial charge in [0.2, 0.25) is 5.96 Å². The first-order chi connectivity index (χ1) is 12.3. The van der Waals surface area contributed by atoms with Crippen LogP contribution in [0.3, 0.4) is 0 Å². The molecule has 1 rings (SSSR count). The molecule has 0 spiro atoms. The topological polar surface area (TPSA) is 195 Å². The molecule has 1 atom stereocenters. The third kappa shape index (κ3) is 10.9. The van der Waals surface area contributed by atoms with E-state index >= 15 is 0 Å². The van der Waals surface area contributed by atoms with Crippen molar-refractivity contribution in [2.45, 2.75) is 25.1 Å². The van der Waals surface area contributed by atoms with Crippen LogP contribution >= 0.6 is 11.8 Å². The van der Waals surface area contributed by atoms with E-state index < -0.39 is 24.4 Å². The second-order valence-corrected chi connectivity index (χ2v) is 5.87. The van der Waals surface area contributed by atoms with Gasteiger partial charge in [-0.1, -0.05) is 0 Å². The van der Waals surface area contributed by atoms with E-state index in [1.165, 1.54) is 0 Å². The van der Waals surface area contributed by atoms with Gasteiger partial charge >= 0.3 is 0 Å². The van der Waals surface area contributed by atoms with Gasteiger partial charge in [-0.15, -0.1) is 0 Å². The third-order valence-electron chi connectivity index (χ3n) is 2.80. The van der Waals surface area contributed by atoms with Crippen LogP contribution in [-0.4, -0.2) is 53.3 Å². The first-order valence-corrected chi connectivity index (χ1v) is 8.55. The van der Waals surface area contributed by atoms with Crippen LogP contribution in [0.25, 0.3) is 0 Å². The first kappa shape index (κ1) is 23.2. The van der Waals surface area contributed by atoms with E-state index in [1.807, 2.05) is 13.1 Å². The molecule has 26 heavy (non-hydrogen) atoms. The zero-order valence-corrected chi connectivity index (χ0v) is 15.3. The summed E-state index contributed by atoms with van der Waals surface area (Å²) in [5.41, 5.74) is 6.94. The number of guanidine groups is 1. The Bertz CT molecular complexity index is 641. The van der Waals surface area contributed by atoms with Crippen LogP contribution in [0.4, 0.5) is 0 Å².